The third-order valence-corrected chi connectivity index (χ3v) is 17.0. The Kier molecular flexibility index (Phi) is 7.39. The first kappa shape index (κ1) is 30.1. The van der Waals surface area contributed by atoms with Crippen molar-refractivity contribution in [3.63, 3.8) is 0 Å². The quantitative estimate of drug-likeness (QED) is 0.333. The van der Waals surface area contributed by atoms with E-state index in [0.29, 0.717) is 23.4 Å². The molecule has 5 atom stereocenters. The number of rotatable bonds is 4. The molecule has 226 valence electrons. The van der Waals surface area contributed by atoms with Gasteiger partial charge in [-0.1, -0.05) is 88.0 Å². The van der Waals surface area contributed by atoms with Gasteiger partial charge in [0.1, 0.15) is 0 Å². The lowest BCUT2D eigenvalue weighted by Crippen LogP contribution is -2.73. The van der Waals surface area contributed by atoms with Gasteiger partial charge >= 0.3 is 0 Å². The molecular weight excluding hydrogens is 525 g/mol. The summed E-state index contributed by atoms with van der Waals surface area (Å²) in [5, 5.41) is 1.62. The van der Waals surface area contributed by atoms with Crippen LogP contribution in [0.5, 0.6) is 0 Å². The molecule has 5 unspecified atom stereocenters. The van der Waals surface area contributed by atoms with Crippen molar-refractivity contribution in [1.82, 2.24) is 9.47 Å². The van der Waals surface area contributed by atoms with Crippen molar-refractivity contribution in [2.75, 3.05) is 0 Å². The van der Waals surface area contributed by atoms with E-state index in [1.807, 2.05) is 0 Å². The average Bonchev–Trinajstić information content (AvgIpc) is 3.61. The van der Waals surface area contributed by atoms with Gasteiger partial charge in [0, 0.05) is 30.2 Å². The number of hydrogen-bond acceptors (Lipinski definition) is 2. The highest BCUT2D eigenvalue weighted by Gasteiger charge is 2.59. The summed E-state index contributed by atoms with van der Waals surface area (Å²) in [5.74, 6) is 1.23. The van der Waals surface area contributed by atoms with Crippen LogP contribution in [0.3, 0.4) is 0 Å². The number of nitrogens with zero attached hydrogens (tertiary/aromatic N) is 2. The van der Waals surface area contributed by atoms with Crippen LogP contribution in [-0.4, -0.2) is 34.8 Å². The molecule has 0 saturated heterocycles. The second kappa shape index (κ2) is 10.3. The highest BCUT2D eigenvalue weighted by atomic mass is 28.3. The third kappa shape index (κ3) is 5.12. The first-order chi connectivity index (χ1) is 19.6. The fourth-order valence-electron chi connectivity index (χ4n) is 9.99. The van der Waals surface area contributed by atoms with Crippen LogP contribution in [0, 0.1) is 11.8 Å². The van der Waals surface area contributed by atoms with Crippen molar-refractivity contribution in [2.24, 2.45) is 11.8 Å². The largest absolute Gasteiger partial charge is 0.310 e. The number of allylic oxidation sites excluding steroid dienone is 3. The van der Waals surface area contributed by atoms with Gasteiger partial charge in [-0.3, -0.25) is 4.90 Å². The SMILES string of the molecule is CC(C)(C)c1ccc([Si](C)(C2CC(N3Cc4ccccc4C3)C3C=C4CCCC4=CC32)N(C(C)(C)C)C(C)(C)C)cc1. The molecule has 2 fully saturated rings. The molecule has 2 aromatic rings. The Morgan fingerprint density at radius 3 is 1.74 bits per heavy atom. The third-order valence-electron chi connectivity index (χ3n) is 11.1. The molecule has 0 aromatic heterocycles. The summed E-state index contributed by atoms with van der Waals surface area (Å²) in [6, 6.07) is 19.8. The lowest BCUT2D eigenvalue weighted by Gasteiger charge is -2.58. The molecule has 0 N–H and O–H groups in total. The van der Waals surface area contributed by atoms with Crippen molar-refractivity contribution >= 4 is 13.4 Å². The molecule has 0 amide bonds. The Balaban J connectivity index is 1.50. The van der Waals surface area contributed by atoms with E-state index in [2.05, 4.69) is 139 Å². The minimum Gasteiger partial charge on any atom is -0.310 e. The summed E-state index contributed by atoms with van der Waals surface area (Å²) < 4.78 is 3.04. The molecule has 0 bridgehead atoms. The molecule has 1 aliphatic heterocycles. The van der Waals surface area contributed by atoms with Crippen LogP contribution in [0.25, 0.3) is 0 Å². The van der Waals surface area contributed by atoms with E-state index in [4.69, 9.17) is 0 Å². The Morgan fingerprint density at radius 1 is 0.714 bits per heavy atom. The molecule has 0 radical (unpaired) electrons. The van der Waals surface area contributed by atoms with Crippen molar-refractivity contribution in [3.8, 4) is 0 Å². The Bertz CT molecular complexity index is 1340. The van der Waals surface area contributed by atoms with Gasteiger partial charge in [-0.05, 0) is 123 Å². The zero-order valence-corrected chi connectivity index (χ0v) is 29.2. The van der Waals surface area contributed by atoms with Gasteiger partial charge < -0.3 is 4.57 Å². The molecule has 0 spiro atoms. The van der Waals surface area contributed by atoms with Crippen molar-refractivity contribution < 1.29 is 0 Å². The van der Waals surface area contributed by atoms with Crippen LogP contribution in [0.15, 0.2) is 71.8 Å². The molecule has 6 rings (SSSR count). The molecule has 2 aromatic carbocycles. The Hall–Kier alpha value is -1.94. The first-order valence-corrected chi connectivity index (χ1v) is 19.2. The fraction of sp³-hybridized carbons (Fsp3) is 0.590. The standard InChI is InChI=1S/C39H56N2Si/c1-37(2,3)31-18-20-32(21-19-31)42(10,41(38(4,5)6)39(7,8)9)36-24-35(40-25-29-14-11-12-15-30(29)26-40)33-22-27-16-13-17-28(27)23-34(33)36/h11-12,14-15,18-23,33-36H,13,16-17,24-26H2,1-10H3. The number of fused-ring (bicyclic) bond motifs is 3. The normalized spacial score (nSPS) is 27.8. The predicted molar refractivity (Wildman–Crippen MR) is 183 cm³/mol. The lowest BCUT2D eigenvalue weighted by molar-refractivity contribution is 0.124. The number of hydrogen-bond donors (Lipinski definition) is 0. The highest BCUT2D eigenvalue weighted by Crippen LogP contribution is 2.57. The van der Waals surface area contributed by atoms with Crippen molar-refractivity contribution in [3.05, 3.63) is 88.5 Å². The van der Waals surface area contributed by atoms with Gasteiger partial charge in [0.25, 0.3) is 0 Å². The fourth-order valence-corrected chi connectivity index (χ4v) is 16.4. The summed E-state index contributed by atoms with van der Waals surface area (Å²) in [4.78, 5) is 2.86. The van der Waals surface area contributed by atoms with E-state index in [0.717, 1.165) is 13.1 Å². The van der Waals surface area contributed by atoms with Gasteiger partial charge in [-0.2, -0.15) is 0 Å². The molecule has 1 heterocycles. The lowest BCUT2D eigenvalue weighted by atomic mass is 9.83. The van der Waals surface area contributed by atoms with Crippen LogP contribution in [0.1, 0.15) is 105 Å². The zero-order chi connectivity index (χ0) is 30.2. The topological polar surface area (TPSA) is 6.48 Å². The van der Waals surface area contributed by atoms with E-state index < -0.39 is 8.24 Å². The summed E-state index contributed by atoms with van der Waals surface area (Å²) in [7, 11) is -2.27. The van der Waals surface area contributed by atoms with E-state index in [1.54, 1.807) is 27.5 Å². The van der Waals surface area contributed by atoms with Crippen LogP contribution < -0.4 is 5.19 Å². The van der Waals surface area contributed by atoms with Gasteiger partial charge in [0.15, 0.2) is 8.24 Å². The maximum absolute atomic E-state index is 3.04. The summed E-state index contributed by atoms with van der Waals surface area (Å²) in [6.45, 7) is 26.8. The number of benzene rings is 2. The van der Waals surface area contributed by atoms with E-state index in [9.17, 15) is 0 Å². The van der Waals surface area contributed by atoms with Gasteiger partial charge in [0.2, 0.25) is 0 Å². The second-order valence-electron chi connectivity index (χ2n) is 17.1. The van der Waals surface area contributed by atoms with Crippen LogP contribution >= 0.6 is 0 Å². The minimum absolute atomic E-state index is 0.0650. The minimum atomic E-state index is -2.27. The molecule has 3 heteroatoms. The van der Waals surface area contributed by atoms with E-state index >= 15 is 0 Å². The molecule has 3 aliphatic carbocycles. The van der Waals surface area contributed by atoms with Crippen LogP contribution in [-0.2, 0) is 18.5 Å². The molecule has 2 nitrogen and oxygen atoms in total. The van der Waals surface area contributed by atoms with Crippen molar-refractivity contribution in [1.29, 1.82) is 0 Å². The average molecular weight is 581 g/mol. The smallest absolute Gasteiger partial charge is 0.161 e. The summed E-state index contributed by atoms with van der Waals surface area (Å²) >= 11 is 0. The van der Waals surface area contributed by atoms with Crippen molar-refractivity contribution in [2.45, 2.75) is 136 Å². The molecule has 2 saturated carbocycles. The predicted octanol–water partition coefficient (Wildman–Crippen LogP) is 9.11. The first-order valence-electron chi connectivity index (χ1n) is 16.7. The maximum Gasteiger partial charge on any atom is 0.161 e. The monoisotopic (exact) mass is 580 g/mol. The molecule has 42 heavy (non-hydrogen) atoms. The van der Waals surface area contributed by atoms with Gasteiger partial charge in [-0.15, -0.1) is 0 Å². The maximum atomic E-state index is 3.04. The zero-order valence-electron chi connectivity index (χ0n) is 28.2. The van der Waals surface area contributed by atoms with E-state index in [1.165, 1.54) is 31.2 Å². The Morgan fingerprint density at radius 2 is 1.24 bits per heavy atom. The van der Waals surface area contributed by atoms with Crippen LogP contribution in [0.4, 0.5) is 0 Å². The highest BCUT2D eigenvalue weighted by molar-refractivity contribution is 6.90. The summed E-state index contributed by atoms with van der Waals surface area (Å²) in [6.07, 6.45) is 10.8. The summed E-state index contributed by atoms with van der Waals surface area (Å²) in [5.41, 5.74) is 8.84. The molecule has 4 aliphatic rings. The van der Waals surface area contributed by atoms with Gasteiger partial charge in [-0.25, -0.2) is 0 Å². The molecular formula is C39H56N2Si. The van der Waals surface area contributed by atoms with Crippen LogP contribution in [0.2, 0.25) is 12.1 Å². The van der Waals surface area contributed by atoms with Gasteiger partial charge in [0.05, 0.1) is 0 Å². The second-order valence-corrected chi connectivity index (χ2v) is 21.2. The van der Waals surface area contributed by atoms with E-state index in [-0.39, 0.29) is 16.5 Å². The Labute approximate surface area is 258 Å².